The molecule has 0 aliphatic heterocycles. The zero-order valence-electron chi connectivity index (χ0n) is 17.5. The number of esters is 1. The fourth-order valence-electron chi connectivity index (χ4n) is 2.18. The van der Waals surface area contributed by atoms with Crippen LogP contribution in [0.4, 0.5) is 0 Å². The molecule has 0 aromatic heterocycles. The molecule has 1 unspecified atom stereocenters. The molecule has 2 N–H and O–H groups in total. The molecule has 0 bridgehead atoms. The van der Waals surface area contributed by atoms with Gasteiger partial charge in [0.25, 0.3) is 0 Å². The number of carbonyl (C=O) groups excluding carboxylic acids is 1. The van der Waals surface area contributed by atoms with Gasteiger partial charge in [-0.25, -0.2) is 0 Å². The van der Waals surface area contributed by atoms with E-state index in [1.807, 2.05) is 41.5 Å². The van der Waals surface area contributed by atoms with E-state index in [2.05, 4.69) is 0 Å². The lowest BCUT2D eigenvalue weighted by atomic mass is 9.87. The number of aliphatic hydroxyl groups is 2. The molecule has 0 radical (unpaired) electrons. The maximum atomic E-state index is 11.2. The van der Waals surface area contributed by atoms with Crippen LogP contribution < -0.4 is 0 Å². The molecule has 0 saturated carbocycles. The third-order valence-corrected chi connectivity index (χ3v) is 4.01. The monoisotopic (exact) mass is 378 g/mol. The van der Waals surface area contributed by atoms with Gasteiger partial charge in [0.1, 0.15) is 0 Å². The lowest BCUT2D eigenvalue weighted by molar-refractivity contribution is -0.193. The summed E-state index contributed by atoms with van der Waals surface area (Å²) in [6.07, 6.45) is 0.164. The lowest BCUT2D eigenvalue weighted by Crippen LogP contribution is -2.47. The molecule has 0 aliphatic carbocycles. The van der Waals surface area contributed by atoms with Crippen LogP contribution in [0, 0.1) is 5.41 Å². The van der Waals surface area contributed by atoms with Crippen molar-refractivity contribution in [1.29, 1.82) is 0 Å². The highest BCUT2D eigenvalue weighted by Crippen LogP contribution is 2.29. The van der Waals surface area contributed by atoms with Crippen molar-refractivity contribution in [3.8, 4) is 0 Å². The molecule has 7 nitrogen and oxygen atoms in total. The molecular formula is C19H38O7. The molecule has 0 aromatic rings. The van der Waals surface area contributed by atoms with Crippen LogP contribution in [0.15, 0.2) is 0 Å². The minimum Gasteiger partial charge on any atom is -0.465 e. The fourth-order valence-corrected chi connectivity index (χ4v) is 2.18. The van der Waals surface area contributed by atoms with Gasteiger partial charge >= 0.3 is 5.97 Å². The predicted molar refractivity (Wildman–Crippen MR) is 99.0 cm³/mol. The van der Waals surface area contributed by atoms with Crippen LogP contribution in [0.25, 0.3) is 0 Å². The van der Waals surface area contributed by atoms with Gasteiger partial charge in [-0.1, -0.05) is 13.8 Å². The van der Waals surface area contributed by atoms with E-state index < -0.39 is 16.6 Å². The van der Waals surface area contributed by atoms with Crippen molar-refractivity contribution >= 4 is 5.97 Å². The molecule has 0 heterocycles. The van der Waals surface area contributed by atoms with Crippen LogP contribution in [0.5, 0.6) is 0 Å². The SMILES string of the molecule is CC(=O)OCC(C)(C)C(COCCO)OC(C)(C)COC(C)(C)CCO. The number of hydrogen-bond donors (Lipinski definition) is 2. The zero-order valence-corrected chi connectivity index (χ0v) is 17.5. The van der Waals surface area contributed by atoms with Crippen LogP contribution in [-0.2, 0) is 23.7 Å². The van der Waals surface area contributed by atoms with E-state index in [0.29, 0.717) is 13.0 Å². The van der Waals surface area contributed by atoms with Gasteiger partial charge in [0.15, 0.2) is 0 Å². The Hall–Kier alpha value is -0.730. The molecule has 0 aliphatic rings. The summed E-state index contributed by atoms with van der Waals surface area (Å²) in [7, 11) is 0. The van der Waals surface area contributed by atoms with E-state index >= 15 is 0 Å². The molecule has 26 heavy (non-hydrogen) atoms. The van der Waals surface area contributed by atoms with Crippen molar-refractivity contribution < 1.29 is 34.0 Å². The smallest absolute Gasteiger partial charge is 0.302 e. The summed E-state index contributed by atoms with van der Waals surface area (Å²) in [5.41, 5.74) is -1.56. The van der Waals surface area contributed by atoms with Gasteiger partial charge in [0, 0.05) is 18.9 Å². The normalized spacial score (nSPS) is 14.3. The summed E-state index contributed by atoms with van der Waals surface area (Å²) < 4.78 is 22.8. The third kappa shape index (κ3) is 11.1. The highest BCUT2D eigenvalue weighted by atomic mass is 16.6. The van der Waals surface area contributed by atoms with Crippen molar-refractivity contribution in [2.24, 2.45) is 5.41 Å². The molecule has 0 rings (SSSR count). The number of hydrogen-bond acceptors (Lipinski definition) is 7. The highest BCUT2D eigenvalue weighted by Gasteiger charge is 2.37. The zero-order chi connectivity index (χ0) is 20.4. The summed E-state index contributed by atoms with van der Waals surface area (Å²) in [6.45, 7) is 13.9. The van der Waals surface area contributed by atoms with Crippen molar-refractivity contribution in [1.82, 2.24) is 0 Å². The average Bonchev–Trinajstić information content (AvgIpc) is 2.50. The Labute approximate surface area is 158 Å². The van der Waals surface area contributed by atoms with Crippen molar-refractivity contribution in [3.05, 3.63) is 0 Å². The van der Waals surface area contributed by atoms with Crippen molar-refractivity contribution in [2.45, 2.75) is 72.2 Å². The summed E-state index contributed by atoms with van der Waals surface area (Å²) in [6, 6.07) is 0. The lowest BCUT2D eigenvalue weighted by Gasteiger charge is -2.40. The van der Waals surface area contributed by atoms with Gasteiger partial charge in [0.2, 0.25) is 0 Å². The van der Waals surface area contributed by atoms with Crippen molar-refractivity contribution in [2.75, 3.05) is 39.6 Å². The van der Waals surface area contributed by atoms with Crippen LogP contribution in [-0.4, -0.2) is 73.1 Å². The molecule has 0 fully saturated rings. The Bertz CT molecular complexity index is 405. The largest absolute Gasteiger partial charge is 0.465 e. The van der Waals surface area contributed by atoms with Crippen LogP contribution >= 0.6 is 0 Å². The standard InChI is InChI=1S/C19H38O7/c1-15(22)24-13-17(2,3)16(12-23-11-10-21)26-19(6,7)14-25-18(4,5)8-9-20/h16,20-21H,8-14H2,1-7H3. The second-order valence-electron chi connectivity index (χ2n) is 8.46. The summed E-state index contributed by atoms with van der Waals surface area (Å²) in [5.74, 6) is -0.346. The first-order chi connectivity index (χ1) is 11.9. The van der Waals surface area contributed by atoms with E-state index in [1.165, 1.54) is 6.92 Å². The van der Waals surface area contributed by atoms with E-state index in [9.17, 15) is 4.79 Å². The minimum atomic E-state index is -0.618. The Kier molecular flexibility index (Phi) is 10.9. The second-order valence-corrected chi connectivity index (χ2v) is 8.46. The molecule has 0 amide bonds. The molecular weight excluding hydrogens is 340 g/mol. The first-order valence-electron chi connectivity index (χ1n) is 9.10. The first kappa shape index (κ1) is 25.3. The number of rotatable bonds is 14. The Morgan fingerprint density at radius 1 is 0.962 bits per heavy atom. The summed E-state index contributed by atoms with van der Waals surface area (Å²) in [5, 5.41) is 18.1. The molecule has 7 heteroatoms. The topological polar surface area (TPSA) is 94.5 Å². The van der Waals surface area contributed by atoms with Gasteiger partial charge in [-0.15, -0.1) is 0 Å². The second kappa shape index (κ2) is 11.2. The maximum absolute atomic E-state index is 11.2. The van der Waals surface area contributed by atoms with E-state index in [0.717, 1.165) is 0 Å². The van der Waals surface area contributed by atoms with Gasteiger partial charge in [0.05, 0.1) is 50.3 Å². The maximum Gasteiger partial charge on any atom is 0.302 e. The molecule has 1 atom stereocenters. The predicted octanol–water partition coefficient (Wildman–Crippen LogP) is 1.93. The Balaban J connectivity index is 4.98. The van der Waals surface area contributed by atoms with Gasteiger partial charge in [-0.3, -0.25) is 4.79 Å². The summed E-state index contributed by atoms with van der Waals surface area (Å²) >= 11 is 0. The quantitative estimate of drug-likeness (QED) is 0.352. The van der Waals surface area contributed by atoms with E-state index in [1.54, 1.807) is 0 Å². The van der Waals surface area contributed by atoms with Crippen molar-refractivity contribution in [3.63, 3.8) is 0 Å². The third-order valence-electron chi connectivity index (χ3n) is 4.01. The molecule has 156 valence electrons. The highest BCUT2D eigenvalue weighted by molar-refractivity contribution is 5.65. The molecule has 0 saturated heterocycles. The Morgan fingerprint density at radius 2 is 1.58 bits per heavy atom. The van der Waals surface area contributed by atoms with E-state index in [-0.39, 0.29) is 45.1 Å². The average molecular weight is 379 g/mol. The summed E-state index contributed by atoms with van der Waals surface area (Å²) in [4.78, 5) is 11.2. The fraction of sp³-hybridized carbons (Fsp3) is 0.947. The Morgan fingerprint density at radius 3 is 2.08 bits per heavy atom. The molecule has 0 spiro atoms. The van der Waals surface area contributed by atoms with Gasteiger partial charge in [-0.05, 0) is 34.1 Å². The van der Waals surface area contributed by atoms with E-state index in [4.69, 9.17) is 29.2 Å². The first-order valence-corrected chi connectivity index (χ1v) is 9.10. The number of ether oxygens (including phenoxy) is 4. The number of aliphatic hydroxyl groups excluding tert-OH is 2. The van der Waals surface area contributed by atoms with Crippen LogP contribution in [0.2, 0.25) is 0 Å². The van der Waals surface area contributed by atoms with Crippen LogP contribution in [0.1, 0.15) is 54.9 Å². The van der Waals surface area contributed by atoms with Gasteiger partial charge < -0.3 is 29.2 Å². The molecule has 0 aromatic carbocycles. The van der Waals surface area contributed by atoms with Gasteiger partial charge in [-0.2, -0.15) is 0 Å². The van der Waals surface area contributed by atoms with Crippen LogP contribution in [0.3, 0.4) is 0 Å². The minimum absolute atomic E-state index is 0.0569. The number of carbonyl (C=O) groups is 1.